The average molecular weight is 284 g/mol. The van der Waals surface area contributed by atoms with E-state index in [0.717, 1.165) is 25.9 Å². The zero-order valence-electron chi connectivity index (χ0n) is 6.88. The third-order valence-corrected chi connectivity index (χ3v) is 2.10. The maximum Gasteiger partial charge on any atom is 0.422 e. The van der Waals surface area contributed by atoms with Crippen LogP contribution in [-0.4, -0.2) is 28.8 Å². The number of hydrazine groups is 1. The Bertz CT molecular complexity index is 148. The molecule has 0 saturated carbocycles. The number of rotatable bonds is 2. The predicted molar refractivity (Wildman–Crippen MR) is 53.9 cm³/mol. The summed E-state index contributed by atoms with van der Waals surface area (Å²) in [4.78, 5) is 10.9. The van der Waals surface area contributed by atoms with E-state index in [9.17, 15) is 4.79 Å². The Morgan fingerprint density at radius 2 is 2.08 bits per heavy atom. The van der Waals surface area contributed by atoms with Gasteiger partial charge in [-0.3, -0.25) is 5.43 Å². The van der Waals surface area contributed by atoms with Crippen molar-refractivity contribution in [3.05, 3.63) is 0 Å². The second-order valence-electron chi connectivity index (χ2n) is 2.70. The summed E-state index contributed by atoms with van der Waals surface area (Å²) in [5, 5.41) is 1.91. The Hall–Kier alpha value is -0.0400. The minimum absolute atomic E-state index is 0.341. The summed E-state index contributed by atoms with van der Waals surface area (Å²) in [6.07, 6.45) is 3.24. The summed E-state index contributed by atoms with van der Waals surface area (Å²) >= 11 is 2.00. The maximum atomic E-state index is 10.9. The van der Waals surface area contributed by atoms with Crippen LogP contribution in [0.4, 0.5) is 4.79 Å². The summed E-state index contributed by atoms with van der Waals surface area (Å²) in [5.41, 5.74) is 2.69. The molecular formula is C7H13IN2O2. The van der Waals surface area contributed by atoms with Crippen LogP contribution in [0.2, 0.25) is 0 Å². The van der Waals surface area contributed by atoms with Crippen molar-refractivity contribution in [1.82, 2.24) is 10.4 Å². The Morgan fingerprint density at radius 3 is 2.67 bits per heavy atom. The lowest BCUT2D eigenvalue weighted by Gasteiger charge is -2.25. The zero-order chi connectivity index (χ0) is 8.81. The Balaban J connectivity index is 2.15. The van der Waals surface area contributed by atoms with Gasteiger partial charge in [0.2, 0.25) is 0 Å². The van der Waals surface area contributed by atoms with Crippen molar-refractivity contribution in [2.75, 3.05) is 17.7 Å². The van der Waals surface area contributed by atoms with E-state index in [1.165, 1.54) is 6.42 Å². The molecule has 0 aromatic heterocycles. The molecule has 4 nitrogen and oxygen atoms in total. The van der Waals surface area contributed by atoms with Crippen molar-refractivity contribution in [2.24, 2.45) is 0 Å². The standard InChI is InChI=1S/C7H13IN2O2/c8-6-12-7(11)9-10-4-2-1-3-5-10/h1-6H2,(H,9,11). The first-order valence-corrected chi connectivity index (χ1v) is 5.60. The van der Waals surface area contributed by atoms with Gasteiger partial charge in [0.1, 0.15) is 4.61 Å². The van der Waals surface area contributed by atoms with Gasteiger partial charge in [-0.2, -0.15) is 0 Å². The lowest BCUT2D eigenvalue weighted by atomic mass is 10.2. The molecule has 1 N–H and O–H groups in total. The van der Waals surface area contributed by atoms with E-state index in [4.69, 9.17) is 4.74 Å². The lowest BCUT2D eigenvalue weighted by molar-refractivity contribution is 0.109. The van der Waals surface area contributed by atoms with Gasteiger partial charge in [-0.15, -0.1) is 0 Å². The highest BCUT2D eigenvalue weighted by Crippen LogP contribution is 2.05. The van der Waals surface area contributed by atoms with Crippen LogP contribution in [-0.2, 0) is 4.74 Å². The monoisotopic (exact) mass is 284 g/mol. The molecule has 0 atom stereocenters. The molecule has 1 saturated heterocycles. The SMILES string of the molecule is O=C(NN1CCCCC1)OCI. The number of ether oxygens (including phenoxy) is 1. The second-order valence-corrected chi connectivity index (χ2v) is 3.32. The summed E-state index contributed by atoms with van der Waals surface area (Å²) < 4.78 is 5.14. The van der Waals surface area contributed by atoms with Gasteiger partial charge in [-0.1, -0.05) is 6.42 Å². The van der Waals surface area contributed by atoms with Gasteiger partial charge in [0.25, 0.3) is 0 Å². The van der Waals surface area contributed by atoms with Crippen LogP contribution in [0.5, 0.6) is 0 Å². The van der Waals surface area contributed by atoms with Crippen molar-refractivity contribution in [1.29, 1.82) is 0 Å². The quantitative estimate of drug-likeness (QED) is 0.617. The van der Waals surface area contributed by atoms with Crippen molar-refractivity contribution in [3.63, 3.8) is 0 Å². The predicted octanol–water partition coefficient (Wildman–Crippen LogP) is 1.51. The molecule has 0 bridgehead atoms. The summed E-state index contributed by atoms with van der Waals surface area (Å²) in [5.74, 6) is 0. The smallest absolute Gasteiger partial charge is 0.422 e. The van der Waals surface area contributed by atoms with E-state index in [-0.39, 0.29) is 6.09 Å². The maximum absolute atomic E-state index is 10.9. The van der Waals surface area contributed by atoms with Gasteiger partial charge in [0.05, 0.1) is 0 Å². The first-order chi connectivity index (χ1) is 5.83. The molecule has 1 heterocycles. The number of amides is 1. The molecular weight excluding hydrogens is 271 g/mol. The van der Waals surface area contributed by atoms with Gasteiger partial charge in [0, 0.05) is 13.1 Å². The summed E-state index contributed by atoms with van der Waals surface area (Å²) in [7, 11) is 0. The van der Waals surface area contributed by atoms with Gasteiger partial charge in [0.15, 0.2) is 0 Å². The molecule has 1 amide bonds. The first kappa shape index (κ1) is 10.0. The van der Waals surface area contributed by atoms with Gasteiger partial charge in [-0.05, 0) is 35.4 Å². The Morgan fingerprint density at radius 1 is 1.42 bits per heavy atom. The summed E-state index contributed by atoms with van der Waals surface area (Å²) in [6.45, 7) is 1.88. The second kappa shape index (κ2) is 5.58. The highest BCUT2D eigenvalue weighted by atomic mass is 127. The van der Waals surface area contributed by atoms with E-state index in [0.29, 0.717) is 4.61 Å². The van der Waals surface area contributed by atoms with Gasteiger partial charge < -0.3 is 4.74 Å². The Labute approximate surface area is 85.7 Å². The lowest BCUT2D eigenvalue weighted by Crippen LogP contribution is -2.45. The van der Waals surface area contributed by atoms with Crippen LogP contribution in [0.1, 0.15) is 19.3 Å². The highest BCUT2D eigenvalue weighted by Gasteiger charge is 2.12. The number of nitrogens with one attached hydrogen (secondary N) is 1. The molecule has 70 valence electrons. The molecule has 5 heteroatoms. The number of nitrogens with zero attached hydrogens (tertiary/aromatic N) is 1. The molecule has 0 aromatic carbocycles. The molecule has 0 radical (unpaired) electrons. The van der Waals surface area contributed by atoms with E-state index in [1.807, 2.05) is 27.6 Å². The third-order valence-electron chi connectivity index (χ3n) is 1.79. The van der Waals surface area contributed by atoms with E-state index >= 15 is 0 Å². The van der Waals surface area contributed by atoms with Crippen LogP contribution < -0.4 is 5.43 Å². The largest absolute Gasteiger partial charge is 0.438 e. The molecule has 0 unspecified atom stereocenters. The number of carbonyl (C=O) groups excluding carboxylic acids is 1. The van der Waals surface area contributed by atoms with Crippen LogP contribution in [0.25, 0.3) is 0 Å². The number of piperidine rings is 1. The van der Waals surface area contributed by atoms with E-state index in [1.54, 1.807) is 0 Å². The van der Waals surface area contributed by atoms with Crippen LogP contribution >= 0.6 is 22.6 Å². The van der Waals surface area contributed by atoms with Crippen molar-refractivity contribution < 1.29 is 9.53 Å². The van der Waals surface area contributed by atoms with Crippen LogP contribution in [0.3, 0.4) is 0 Å². The minimum Gasteiger partial charge on any atom is -0.438 e. The van der Waals surface area contributed by atoms with Crippen molar-refractivity contribution in [2.45, 2.75) is 19.3 Å². The third kappa shape index (κ3) is 3.57. The average Bonchev–Trinajstić information content (AvgIpc) is 2.06. The highest BCUT2D eigenvalue weighted by molar-refractivity contribution is 14.1. The molecule has 0 aromatic rings. The van der Waals surface area contributed by atoms with Crippen molar-refractivity contribution >= 4 is 28.7 Å². The van der Waals surface area contributed by atoms with Gasteiger partial charge in [-0.25, -0.2) is 9.80 Å². The van der Waals surface area contributed by atoms with Crippen LogP contribution in [0.15, 0.2) is 0 Å². The molecule has 0 spiro atoms. The topological polar surface area (TPSA) is 41.6 Å². The number of hydrogen-bond acceptors (Lipinski definition) is 3. The fourth-order valence-electron chi connectivity index (χ4n) is 1.22. The van der Waals surface area contributed by atoms with Crippen LogP contribution in [0, 0.1) is 0 Å². The van der Waals surface area contributed by atoms with E-state index in [2.05, 4.69) is 5.43 Å². The van der Waals surface area contributed by atoms with E-state index < -0.39 is 0 Å². The number of halogens is 1. The normalized spacial score (nSPS) is 18.8. The molecule has 1 fully saturated rings. The molecule has 1 rings (SSSR count). The number of hydrogen-bond donors (Lipinski definition) is 1. The minimum atomic E-state index is -0.341. The molecule has 0 aliphatic carbocycles. The Kier molecular flexibility index (Phi) is 4.67. The molecule has 12 heavy (non-hydrogen) atoms. The number of carbonyl (C=O) groups is 1. The fourth-order valence-corrected chi connectivity index (χ4v) is 1.50. The van der Waals surface area contributed by atoms with Gasteiger partial charge >= 0.3 is 6.09 Å². The molecule has 1 aliphatic rings. The molecule has 1 aliphatic heterocycles. The zero-order valence-corrected chi connectivity index (χ0v) is 9.04. The summed E-state index contributed by atoms with van der Waals surface area (Å²) in [6, 6.07) is 0. The first-order valence-electron chi connectivity index (χ1n) is 4.07. The fraction of sp³-hybridized carbons (Fsp3) is 0.857. The number of alkyl halides is 1. The van der Waals surface area contributed by atoms with Crippen molar-refractivity contribution in [3.8, 4) is 0 Å².